The molecule has 0 aromatic carbocycles. The number of carbonyl (C=O) groups excluding carboxylic acids is 1. The average molecular weight is 242 g/mol. The van der Waals surface area contributed by atoms with E-state index in [1.165, 1.54) is 0 Å². The van der Waals surface area contributed by atoms with Gasteiger partial charge in [0.15, 0.2) is 0 Å². The standard InChI is InChI=1S/C12H22N2O3/c1-12(9-15)5-3-6-14(12)11(16)13-8-10-4-2-7-17-10/h10,15H,2-9H2,1H3,(H,13,16)/t10-,12+/m1/s1. The summed E-state index contributed by atoms with van der Waals surface area (Å²) in [7, 11) is 0. The normalized spacial score (nSPS) is 33.1. The quantitative estimate of drug-likeness (QED) is 0.766. The van der Waals surface area contributed by atoms with Crippen molar-refractivity contribution in [2.24, 2.45) is 0 Å². The fourth-order valence-electron chi connectivity index (χ4n) is 2.64. The van der Waals surface area contributed by atoms with Gasteiger partial charge in [-0.15, -0.1) is 0 Å². The van der Waals surface area contributed by atoms with Crippen molar-refractivity contribution in [2.45, 2.75) is 44.2 Å². The van der Waals surface area contributed by atoms with Gasteiger partial charge >= 0.3 is 6.03 Å². The summed E-state index contributed by atoms with van der Waals surface area (Å²) in [6.07, 6.45) is 4.11. The van der Waals surface area contributed by atoms with Gasteiger partial charge < -0.3 is 20.1 Å². The molecule has 0 spiro atoms. The minimum absolute atomic E-state index is 0.0281. The predicted molar refractivity (Wildman–Crippen MR) is 63.8 cm³/mol. The molecule has 2 aliphatic rings. The Kier molecular flexibility index (Phi) is 3.89. The fraction of sp³-hybridized carbons (Fsp3) is 0.917. The van der Waals surface area contributed by atoms with Gasteiger partial charge in [-0.3, -0.25) is 0 Å². The minimum atomic E-state index is -0.388. The number of hydrogen-bond acceptors (Lipinski definition) is 3. The third-order valence-electron chi connectivity index (χ3n) is 3.84. The number of amides is 2. The van der Waals surface area contributed by atoms with Crippen LogP contribution in [-0.2, 0) is 4.74 Å². The average Bonchev–Trinajstić information content (AvgIpc) is 2.95. The van der Waals surface area contributed by atoms with E-state index in [1.807, 2.05) is 6.92 Å². The number of nitrogens with one attached hydrogen (secondary N) is 1. The predicted octanol–water partition coefficient (Wildman–Crippen LogP) is 0.722. The monoisotopic (exact) mass is 242 g/mol. The van der Waals surface area contributed by atoms with Crippen LogP contribution in [0.2, 0.25) is 0 Å². The lowest BCUT2D eigenvalue weighted by molar-refractivity contribution is 0.0876. The van der Waals surface area contributed by atoms with Crippen LogP contribution in [0.25, 0.3) is 0 Å². The Morgan fingerprint density at radius 1 is 1.59 bits per heavy atom. The Morgan fingerprint density at radius 2 is 2.41 bits per heavy atom. The van der Waals surface area contributed by atoms with Crippen molar-refractivity contribution in [3.8, 4) is 0 Å². The van der Waals surface area contributed by atoms with Crippen LogP contribution in [0.5, 0.6) is 0 Å². The number of hydrogen-bond donors (Lipinski definition) is 2. The van der Waals surface area contributed by atoms with E-state index in [9.17, 15) is 9.90 Å². The van der Waals surface area contributed by atoms with Gasteiger partial charge in [-0.2, -0.15) is 0 Å². The second-order valence-electron chi connectivity index (χ2n) is 5.23. The zero-order valence-corrected chi connectivity index (χ0v) is 10.4. The third-order valence-corrected chi connectivity index (χ3v) is 3.84. The number of aliphatic hydroxyl groups is 1. The van der Waals surface area contributed by atoms with Crippen molar-refractivity contribution in [3.05, 3.63) is 0 Å². The molecule has 0 saturated carbocycles. The molecular weight excluding hydrogens is 220 g/mol. The van der Waals surface area contributed by atoms with Gasteiger partial charge in [0.25, 0.3) is 0 Å². The first-order valence-electron chi connectivity index (χ1n) is 6.44. The van der Waals surface area contributed by atoms with E-state index >= 15 is 0 Å². The van der Waals surface area contributed by atoms with E-state index in [2.05, 4.69) is 5.32 Å². The number of aliphatic hydroxyl groups excluding tert-OH is 1. The van der Waals surface area contributed by atoms with Crippen molar-refractivity contribution in [2.75, 3.05) is 26.3 Å². The van der Waals surface area contributed by atoms with Crippen LogP contribution in [0.4, 0.5) is 4.79 Å². The fourth-order valence-corrected chi connectivity index (χ4v) is 2.64. The van der Waals surface area contributed by atoms with Gasteiger partial charge in [-0.25, -0.2) is 4.79 Å². The van der Waals surface area contributed by atoms with E-state index in [-0.39, 0.29) is 24.3 Å². The van der Waals surface area contributed by atoms with E-state index in [0.29, 0.717) is 6.54 Å². The molecule has 0 unspecified atom stereocenters. The van der Waals surface area contributed by atoms with Crippen molar-refractivity contribution in [1.29, 1.82) is 0 Å². The van der Waals surface area contributed by atoms with Crippen LogP contribution in [0.3, 0.4) is 0 Å². The van der Waals surface area contributed by atoms with Crippen LogP contribution in [0.1, 0.15) is 32.6 Å². The maximum absolute atomic E-state index is 12.0. The minimum Gasteiger partial charge on any atom is -0.394 e. The number of likely N-dealkylation sites (tertiary alicyclic amines) is 1. The van der Waals surface area contributed by atoms with Gasteiger partial charge in [0.1, 0.15) is 0 Å². The molecule has 2 aliphatic heterocycles. The molecule has 2 N–H and O–H groups in total. The SMILES string of the molecule is C[C@@]1(CO)CCCN1C(=O)NC[C@H]1CCCO1. The number of nitrogens with zero attached hydrogens (tertiary/aromatic N) is 1. The topological polar surface area (TPSA) is 61.8 Å². The summed E-state index contributed by atoms with van der Waals surface area (Å²) in [5.74, 6) is 0. The molecule has 2 fully saturated rings. The molecular formula is C12H22N2O3. The van der Waals surface area contributed by atoms with E-state index in [0.717, 1.165) is 38.8 Å². The van der Waals surface area contributed by atoms with Crippen molar-refractivity contribution in [1.82, 2.24) is 10.2 Å². The number of rotatable bonds is 3. The van der Waals surface area contributed by atoms with Crippen LogP contribution >= 0.6 is 0 Å². The molecule has 5 heteroatoms. The molecule has 2 saturated heterocycles. The Balaban J connectivity index is 1.82. The van der Waals surface area contributed by atoms with Crippen LogP contribution in [-0.4, -0.2) is 54.0 Å². The van der Waals surface area contributed by atoms with Crippen LogP contribution in [0.15, 0.2) is 0 Å². The molecule has 2 atom stereocenters. The van der Waals surface area contributed by atoms with Crippen LogP contribution < -0.4 is 5.32 Å². The van der Waals surface area contributed by atoms with Crippen molar-refractivity contribution in [3.63, 3.8) is 0 Å². The smallest absolute Gasteiger partial charge is 0.318 e. The highest BCUT2D eigenvalue weighted by molar-refractivity contribution is 5.75. The number of urea groups is 1. The Bertz CT molecular complexity index is 279. The Morgan fingerprint density at radius 3 is 3.06 bits per heavy atom. The lowest BCUT2D eigenvalue weighted by Gasteiger charge is -2.33. The van der Waals surface area contributed by atoms with E-state index < -0.39 is 0 Å². The van der Waals surface area contributed by atoms with Crippen molar-refractivity contribution >= 4 is 6.03 Å². The second-order valence-corrected chi connectivity index (χ2v) is 5.23. The summed E-state index contributed by atoms with van der Waals surface area (Å²) < 4.78 is 5.46. The second kappa shape index (κ2) is 5.23. The van der Waals surface area contributed by atoms with E-state index in [1.54, 1.807) is 4.90 Å². The highest BCUT2D eigenvalue weighted by Crippen LogP contribution is 2.28. The number of ether oxygens (including phenoxy) is 1. The van der Waals surface area contributed by atoms with Gasteiger partial charge in [-0.1, -0.05) is 0 Å². The molecule has 2 heterocycles. The first-order valence-corrected chi connectivity index (χ1v) is 6.44. The van der Waals surface area contributed by atoms with Gasteiger partial charge in [0.2, 0.25) is 0 Å². The van der Waals surface area contributed by atoms with Gasteiger partial charge in [0.05, 0.1) is 18.2 Å². The molecule has 0 aliphatic carbocycles. The first-order chi connectivity index (χ1) is 8.15. The first kappa shape index (κ1) is 12.6. The zero-order chi connectivity index (χ0) is 12.3. The molecule has 0 aromatic heterocycles. The molecule has 0 bridgehead atoms. The summed E-state index contributed by atoms with van der Waals surface area (Å²) in [5, 5.41) is 12.3. The molecule has 0 aromatic rings. The zero-order valence-electron chi connectivity index (χ0n) is 10.4. The Hall–Kier alpha value is -0.810. The highest BCUT2D eigenvalue weighted by atomic mass is 16.5. The van der Waals surface area contributed by atoms with Crippen molar-refractivity contribution < 1.29 is 14.6 Å². The largest absolute Gasteiger partial charge is 0.394 e. The summed E-state index contributed by atoms with van der Waals surface area (Å²) >= 11 is 0. The summed E-state index contributed by atoms with van der Waals surface area (Å²) in [6.45, 7) is 4.08. The molecule has 17 heavy (non-hydrogen) atoms. The van der Waals surface area contributed by atoms with E-state index in [4.69, 9.17) is 4.74 Å². The Labute approximate surface area is 102 Å². The molecule has 5 nitrogen and oxygen atoms in total. The molecule has 2 rings (SSSR count). The summed E-state index contributed by atoms with van der Waals surface area (Å²) in [6, 6.07) is -0.0745. The lowest BCUT2D eigenvalue weighted by Crippen LogP contribution is -2.52. The lowest BCUT2D eigenvalue weighted by atomic mass is 10.0. The maximum Gasteiger partial charge on any atom is 0.318 e. The van der Waals surface area contributed by atoms with Gasteiger partial charge in [0, 0.05) is 19.7 Å². The maximum atomic E-state index is 12.0. The molecule has 98 valence electrons. The van der Waals surface area contributed by atoms with Crippen LogP contribution in [0, 0.1) is 0 Å². The number of carbonyl (C=O) groups is 1. The summed E-state index contributed by atoms with van der Waals surface area (Å²) in [4.78, 5) is 13.8. The van der Waals surface area contributed by atoms with Gasteiger partial charge in [-0.05, 0) is 32.6 Å². The highest BCUT2D eigenvalue weighted by Gasteiger charge is 2.39. The summed E-state index contributed by atoms with van der Waals surface area (Å²) in [5.41, 5.74) is -0.388. The molecule has 0 radical (unpaired) electrons. The molecule has 2 amide bonds. The third kappa shape index (κ3) is 2.72.